The Morgan fingerprint density at radius 1 is 1.15 bits per heavy atom. The number of amides is 1. The molecule has 1 aliphatic carbocycles. The number of carbonyl (C=O) groups is 1. The van der Waals surface area contributed by atoms with Gasteiger partial charge in [0.1, 0.15) is 11.3 Å². The summed E-state index contributed by atoms with van der Waals surface area (Å²) >= 11 is 0. The summed E-state index contributed by atoms with van der Waals surface area (Å²) in [4.78, 5) is 16.9. The van der Waals surface area contributed by atoms with Crippen molar-refractivity contribution in [2.24, 2.45) is 0 Å². The number of rotatable bonds is 4. The van der Waals surface area contributed by atoms with E-state index in [-0.39, 0.29) is 37.0 Å². The second-order valence-electron chi connectivity index (χ2n) is 6.66. The zero-order chi connectivity index (χ0) is 17.9. The van der Waals surface area contributed by atoms with Gasteiger partial charge in [-0.05, 0) is 37.1 Å². The first-order chi connectivity index (χ1) is 12.7. The third-order valence-electron chi connectivity index (χ3n) is 4.76. The summed E-state index contributed by atoms with van der Waals surface area (Å²) in [6, 6.07) is 9.39. The van der Waals surface area contributed by atoms with Crippen molar-refractivity contribution < 1.29 is 37.1 Å². The lowest BCUT2D eigenvalue weighted by Gasteiger charge is -2.25. The lowest BCUT2D eigenvalue weighted by Crippen LogP contribution is -3.00. The van der Waals surface area contributed by atoms with Crippen LogP contribution in [-0.4, -0.2) is 29.8 Å². The number of aromatic nitrogens is 1. The Labute approximate surface area is 163 Å². The minimum Gasteiger partial charge on any atom is -1.00 e. The number of halogens is 1. The second-order valence-corrected chi connectivity index (χ2v) is 6.66. The number of benzene rings is 1. The number of ether oxygens (including phenoxy) is 3. The third kappa shape index (κ3) is 4.43. The van der Waals surface area contributed by atoms with Crippen LogP contribution in [0.5, 0.6) is 23.1 Å². The maximum Gasteiger partial charge on any atom is 0.257 e. The Kier molecular flexibility index (Phi) is 6.03. The average molecular weight is 392 g/mol. The molecule has 0 radical (unpaired) electrons. The maximum absolute atomic E-state index is 12.7. The molecular weight excluding hydrogens is 370 g/mol. The first-order valence-electron chi connectivity index (χ1n) is 8.85. The van der Waals surface area contributed by atoms with E-state index in [1.54, 1.807) is 36.5 Å². The molecule has 1 fully saturated rings. The van der Waals surface area contributed by atoms with Gasteiger partial charge in [0.2, 0.25) is 12.7 Å². The van der Waals surface area contributed by atoms with E-state index < -0.39 is 0 Å². The van der Waals surface area contributed by atoms with E-state index in [0.29, 0.717) is 28.9 Å². The zero-order valence-electron chi connectivity index (χ0n) is 14.8. The van der Waals surface area contributed by atoms with Crippen LogP contribution in [0.3, 0.4) is 0 Å². The summed E-state index contributed by atoms with van der Waals surface area (Å²) in [5.41, 5.74) is 4.51. The molecule has 1 amide bonds. The first-order valence-corrected chi connectivity index (χ1v) is 8.85. The highest BCUT2D eigenvalue weighted by molar-refractivity contribution is 5.96. The van der Waals surface area contributed by atoms with Crippen LogP contribution in [0.2, 0.25) is 0 Å². The molecule has 0 bridgehead atoms. The molecule has 1 aromatic heterocycles. The molecule has 0 unspecified atom stereocenters. The van der Waals surface area contributed by atoms with Crippen LogP contribution in [0.1, 0.15) is 36.0 Å². The zero-order valence-corrected chi connectivity index (χ0v) is 15.6. The molecule has 2 aromatic rings. The lowest BCUT2D eigenvalue weighted by molar-refractivity contribution is -0.425. The van der Waals surface area contributed by atoms with E-state index in [2.05, 4.69) is 16.0 Å². The number of nitrogens with one attached hydrogen (secondary N) is 1. The summed E-state index contributed by atoms with van der Waals surface area (Å²) in [7, 11) is 0. The number of hydrogen-bond acceptors (Lipinski definition) is 5. The summed E-state index contributed by atoms with van der Waals surface area (Å²) in [6.45, 7) is 0.200. The van der Waals surface area contributed by atoms with Gasteiger partial charge < -0.3 is 37.7 Å². The lowest BCUT2D eigenvalue weighted by atomic mass is 9.91. The number of nitrogens with zero attached hydrogens (tertiary/aromatic N) is 1. The van der Waals surface area contributed by atoms with Gasteiger partial charge in [-0.1, -0.05) is 0 Å². The number of fused-ring (bicyclic) bond motifs is 1. The molecule has 27 heavy (non-hydrogen) atoms. The minimum atomic E-state index is -0.165. The van der Waals surface area contributed by atoms with E-state index >= 15 is 0 Å². The fourth-order valence-electron chi connectivity index (χ4n) is 3.27. The molecule has 0 atom stereocenters. The highest BCUT2D eigenvalue weighted by atomic mass is 35.5. The van der Waals surface area contributed by atoms with Crippen LogP contribution in [0.25, 0.3) is 0 Å². The Bertz CT molecular complexity index is 809. The Hall–Kier alpha value is -2.51. The fraction of sp³-hybridized carbons (Fsp3) is 0.368. The highest BCUT2D eigenvalue weighted by Gasteiger charge is 2.24. The molecule has 2 aliphatic rings. The van der Waals surface area contributed by atoms with E-state index in [4.69, 9.17) is 14.2 Å². The third-order valence-corrected chi connectivity index (χ3v) is 4.76. The van der Waals surface area contributed by atoms with Crippen LogP contribution in [0.15, 0.2) is 36.5 Å². The first kappa shape index (κ1) is 19.3. The number of hydrogen-bond donors (Lipinski definition) is 2. The molecule has 1 aliphatic heterocycles. The Balaban J connectivity index is 0.00000210. The number of carbonyl (C=O) groups excluding carboxylic acids is 1. The number of pyridine rings is 1. The number of quaternary nitrogens is 1. The Morgan fingerprint density at radius 2 is 1.93 bits per heavy atom. The van der Waals surface area contributed by atoms with Gasteiger partial charge in [0.15, 0.2) is 11.5 Å². The van der Waals surface area contributed by atoms with Crippen LogP contribution >= 0.6 is 0 Å². The molecule has 4 N–H and O–H groups in total. The van der Waals surface area contributed by atoms with Crippen molar-refractivity contribution in [3.05, 3.63) is 42.1 Å². The van der Waals surface area contributed by atoms with Crippen molar-refractivity contribution in [3.63, 3.8) is 0 Å². The van der Waals surface area contributed by atoms with Gasteiger partial charge in [-0.25, -0.2) is 4.98 Å². The quantitative estimate of drug-likeness (QED) is 0.689. The smallest absolute Gasteiger partial charge is 0.257 e. The molecular formula is C19H22ClN3O4. The summed E-state index contributed by atoms with van der Waals surface area (Å²) < 4.78 is 16.5. The van der Waals surface area contributed by atoms with Crippen molar-refractivity contribution in [1.82, 2.24) is 10.3 Å². The summed E-state index contributed by atoms with van der Waals surface area (Å²) in [5.74, 6) is 1.95. The SMILES string of the molecule is [Cl-].[NH3+]C1CCC(NC(=O)c2cccnc2Oc2ccc3c(c2)OCO3)CC1. The van der Waals surface area contributed by atoms with Crippen molar-refractivity contribution in [2.45, 2.75) is 37.8 Å². The highest BCUT2D eigenvalue weighted by Crippen LogP contribution is 2.36. The Morgan fingerprint density at radius 3 is 2.74 bits per heavy atom. The predicted octanol–water partition coefficient (Wildman–Crippen LogP) is -1.11. The van der Waals surface area contributed by atoms with Gasteiger partial charge >= 0.3 is 0 Å². The normalized spacial score (nSPS) is 20.5. The van der Waals surface area contributed by atoms with Crippen molar-refractivity contribution in [2.75, 3.05) is 6.79 Å². The molecule has 2 heterocycles. The monoisotopic (exact) mass is 391 g/mol. The van der Waals surface area contributed by atoms with Crippen LogP contribution in [0, 0.1) is 0 Å². The van der Waals surface area contributed by atoms with Crippen molar-refractivity contribution in [3.8, 4) is 23.1 Å². The second kappa shape index (κ2) is 8.45. The summed E-state index contributed by atoms with van der Waals surface area (Å²) in [5, 5.41) is 3.09. The van der Waals surface area contributed by atoms with Crippen LogP contribution < -0.4 is 37.7 Å². The average Bonchev–Trinajstić information content (AvgIpc) is 3.12. The van der Waals surface area contributed by atoms with Gasteiger partial charge in [0.05, 0.1) is 6.04 Å². The molecule has 1 aromatic carbocycles. The topological polar surface area (TPSA) is 97.3 Å². The van der Waals surface area contributed by atoms with Gasteiger partial charge in [-0.15, -0.1) is 0 Å². The predicted molar refractivity (Wildman–Crippen MR) is 93.3 cm³/mol. The minimum absolute atomic E-state index is 0. The van der Waals surface area contributed by atoms with Crippen LogP contribution in [-0.2, 0) is 0 Å². The summed E-state index contributed by atoms with van der Waals surface area (Å²) in [6.07, 6.45) is 5.60. The van der Waals surface area contributed by atoms with E-state index in [1.807, 2.05) is 0 Å². The molecule has 0 spiro atoms. The van der Waals surface area contributed by atoms with Crippen LogP contribution in [0.4, 0.5) is 0 Å². The van der Waals surface area contributed by atoms with Crippen molar-refractivity contribution in [1.29, 1.82) is 0 Å². The van der Waals surface area contributed by atoms with Crippen molar-refractivity contribution >= 4 is 5.91 Å². The fourth-order valence-corrected chi connectivity index (χ4v) is 3.27. The van der Waals surface area contributed by atoms with Gasteiger partial charge in [-0.3, -0.25) is 4.79 Å². The van der Waals surface area contributed by atoms with Gasteiger partial charge in [-0.2, -0.15) is 0 Å². The van der Waals surface area contributed by atoms with E-state index in [1.165, 1.54) is 0 Å². The molecule has 144 valence electrons. The molecule has 1 saturated carbocycles. The molecule has 0 saturated heterocycles. The largest absolute Gasteiger partial charge is 1.00 e. The van der Waals surface area contributed by atoms with Gasteiger partial charge in [0, 0.05) is 31.1 Å². The standard InChI is InChI=1S/C19H21N3O4.ClH/c20-12-3-5-13(6-4-12)22-18(23)15-2-1-9-21-19(15)26-14-7-8-16-17(10-14)25-11-24-16;/h1-2,7-10,12-13H,3-6,11,20H2,(H,22,23);1H. The van der Waals surface area contributed by atoms with Gasteiger partial charge in [0.25, 0.3) is 5.91 Å². The molecule has 8 heteroatoms. The molecule has 4 rings (SSSR count). The van der Waals surface area contributed by atoms with E-state index in [0.717, 1.165) is 25.7 Å². The maximum atomic E-state index is 12.7. The van der Waals surface area contributed by atoms with E-state index in [9.17, 15) is 4.79 Å². The molecule has 7 nitrogen and oxygen atoms in total.